The van der Waals surface area contributed by atoms with Crippen LogP contribution in [0.3, 0.4) is 0 Å². The van der Waals surface area contributed by atoms with Crippen LogP contribution in [0.1, 0.15) is 10.7 Å². The van der Waals surface area contributed by atoms with E-state index in [4.69, 9.17) is 0 Å². The molecule has 0 aliphatic heterocycles. The minimum absolute atomic E-state index is 0. The van der Waals surface area contributed by atoms with Gasteiger partial charge in [-0.2, -0.15) is 5.38 Å². The zero-order valence-corrected chi connectivity index (χ0v) is 8.59. The summed E-state index contributed by atoms with van der Waals surface area (Å²) >= 11 is 1.57. The molecule has 0 atom stereocenters. The van der Waals surface area contributed by atoms with Crippen molar-refractivity contribution in [3.63, 3.8) is 0 Å². The summed E-state index contributed by atoms with van der Waals surface area (Å²) in [6.45, 7) is 3.93. The number of hydrogen-bond acceptors (Lipinski definition) is 2. The zero-order valence-electron chi connectivity index (χ0n) is 4.93. The van der Waals surface area contributed by atoms with Crippen LogP contribution in [-0.2, 0) is 32.7 Å². The molecule has 0 aliphatic carbocycles. The van der Waals surface area contributed by atoms with Crippen LogP contribution >= 0.6 is 11.3 Å². The van der Waals surface area contributed by atoms with Gasteiger partial charge in [-0.25, -0.2) is 0 Å². The average Bonchev–Trinajstić information content (AvgIpc) is 1.87. The second-order valence-electron chi connectivity index (χ2n) is 1.42. The number of nitrogens with zero attached hydrogens (tertiary/aromatic N) is 1. The SMILES string of the molecule is Cc1[c-]sc(C)n1.[Y]. The molecule has 0 unspecified atom stereocenters. The summed E-state index contributed by atoms with van der Waals surface area (Å²) in [7, 11) is 0. The number of thiazole rings is 1. The first kappa shape index (κ1) is 8.73. The molecule has 0 saturated heterocycles. The van der Waals surface area contributed by atoms with Crippen molar-refractivity contribution in [3.05, 3.63) is 16.1 Å². The van der Waals surface area contributed by atoms with E-state index in [1.807, 2.05) is 13.8 Å². The minimum Gasteiger partial charge on any atom is -0.361 e. The smallest absolute Gasteiger partial charge is 0 e. The third-order valence-electron chi connectivity index (χ3n) is 0.672. The van der Waals surface area contributed by atoms with Gasteiger partial charge < -0.3 is 16.3 Å². The second-order valence-corrected chi connectivity index (χ2v) is 2.42. The third-order valence-corrected chi connectivity index (χ3v) is 1.46. The standard InChI is InChI=1S/C5H6NS.Y/c1-4-3-7-5(2)6-4;/h1-2H3;/q-1;. The van der Waals surface area contributed by atoms with Crippen LogP contribution in [0, 0.1) is 19.2 Å². The molecule has 0 fully saturated rings. The van der Waals surface area contributed by atoms with E-state index in [1.54, 1.807) is 11.3 Å². The van der Waals surface area contributed by atoms with Gasteiger partial charge in [0, 0.05) is 32.7 Å². The number of aromatic nitrogens is 1. The van der Waals surface area contributed by atoms with Gasteiger partial charge in [-0.05, 0) is 6.92 Å². The first-order valence-electron chi connectivity index (χ1n) is 2.11. The fourth-order valence-electron chi connectivity index (χ4n) is 0.430. The summed E-state index contributed by atoms with van der Waals surface area (Å²) in [6.07, 6.45) is 0. The summed E-state index contributed by atoms with van der Waals surface area (Å²) in [5.41, 5.74) is 1.00. The van der Waals surface area contributed by atoms with Gasteiger partial charge in [0.05, 0.1) is 0 Å². The number of aryl methyl sites for hydroxylation is 2. The van der Waals surface area contributed by atoms with E-state index in [1.165, 1.54) is 0 Å². The Hall–Kier alpha value is 0.734. The Morgan fingerprint density at radius 1 is 1.50 bits per heavy atom. The van der Waals surface area contributed by atoms with Crippen molar-refractivity contribution >= 4 is 11.3 Å². The molecule has 0 saturated carbocycles. The molecule has 0 bridgehead atoms. The number of rotatable bonds is 0. The molecule has 1 nitrogen and oxygen atoms in total. The molecule has 41 valence electrons. The fraction of sp³-hybridized carbons (Fsp3) is 0.400. The van der Waals surface area contributed by atoms with E-state index in [9.17, 15) is 0 Å². The maximum Gasteiger partial charge on any atom is 0 e. The summed E-state index contributed by atoms with van der Waals surface area (Å²) < 4.78 is 0. The van der Waals surface area contributed by atoms with Gasteiger partial charge in [-0.15, -0.1) is 0 Å². The van der Waals surface area contributed by atoms with Crippen molar-refractivity contribution in [1.82, 2.24) is 4.98 Å². The number of hydrogen-bond donors (Lipinski definition) is 0. The van der Waals surface area contributed by atoms with E-state index in [0.29, 0.717) is 0 Å². The summed E-state index contributed by atoms with van der Waals surface area (Å²) in [6, 6.07) is 0. The summed E-state index contributed by atoms with van der Waals surface area (Å²) in [5.74, 6) is 0. The van der Waals surface area contributed by atoms with E-state index in [0.717, 1.165) is 10.7 Å². The molecule has 1 radical (unpaired) electrons. The second kappa shape index (κ2) is 3.70. The molecular weight excluding hydrogens is 195 g/mol. The Bertz CT molecular complexity index is 145. The van der Waals surface area contributed by atoms with Gasteiger partial charge in [0.1, 0.15) is 0 Å². The maximum atomic E-state index is 4.07. The van der Waals surface area contributed by atoms with Crippen LogP contribution in [0.15, 0.2) is 0 Å². The van der Waals surface area contributed by atoms with Gasteiger partial charge in [0.15, 0.2) is 0 Å². The zero-order chi connectivity index (χ0) is 5.28. The minimum atomic E-state index is 0. The molecule has 3 heteroatoms. The fourth-order valence-corrected chi connectivity index (χ4v) is 0.953. The first-order chi connectivity index (χ1) is 3.29. The molecule has 0 aromatic carbocycles. The average molecular weight is 201 g/mol. The van der Waals surface area contributed by atoms with Gasteiger partial charge in [0.25, 0.3) is 0 Å². The topological polar surface area (TPSA) is 12.9 Å². The van der Waals surface area contributed by atoms with E-state index in [2.05, 4.69) is 10.4 Å². The van der Waals surface area contributed by atoms with Crippen molar-refractivity contribution < 1.29 is 32.7 Å². The first-order valence-corrected chi connectivity index (χ1v) is 2.92. The molecule has 1 aromatic heterocycles. The largest absolute Gasteiger partial charge is 0.361 e. The van der Waals surface area contributed by atoms with Crippen molar-refractivity contribution in [2.24, 2.45) is 0 Å². The van der Waals surface area contributed by atoms with E-state index < -0.39 is 0 Å². The van der Waals surface area contributed by atoms with Crippen LogP contribution in [0.25, 0.3) is 0 Å². The molecule has 1 aromatic rings. The Balaban J connectivity index is 0.000000490. The van der Waals surface area contributed by atoms with Gasteiger partial charge in [-0.3, -0.25) is 0 Å². The van der Waals surface area contributed by atoms with Crippen molar-refractivity contribution in [1.29, 1.82) is 0 Å². The van der Waals surface area contributed by atoms with E-state index >= 15 is 0 Å². The van der Waals surface area contributed by atoms with Crippen LogP contribution in [0.2, 0.25) is 0 Å². The van der Waals surface area contributed by atoms with Crippen LogP contribution < -0.4 is 0 Å². The predicted molar refractivity (Wildman–Crippen MR) is 30.4 cm³/mol. The van der Waals surface area contributed by atoms with Crippen LogP contribution in [0.4, 0.5) is 0 Å². The van der Waals surface area contributed by atoms with Crippen molar-refractivity contribution in [2.75, 3.05) is 0 Å². The molecular formula is C5H6NSY-. The molecule has 0 aliphatic rings. The van der Waals surface area contributed by atoms with Crippen LogP contribution in [-0.4, -0.2) is 4.98 Å². The quantitative estimate of drug-likeness (QED) is 0.580. The Kier molecular flexibility index (Phi) is 4.04. The van der Waals surface area contributed by atoms with Crippen molar-refractivity contribution in [3.8, 4) is 0 Å². The summed E-state index contributed by atoms with van der Waals surface area (Å²) in [4.78, 5) is 4.07. The van der Waals surface area contributed by atoms with Crippen molar-refractivity contribution in [2.45, 2.75) is 13.8 Å². The molecule has 0 N–H and O–H groups in total. The molecule has 0 spiro atoms. The van der Waals surface area contributed by atoms with Gasteiger partial charge in [0.2, 0.25) is 0 Å². The molecule has 0 amide bonds. The molecule has 8 heavy (non-hydrogen) atoms. The predicted octanol–water partition coefficient (Wildman–Crippen LogP) is 1.56. The summed E-state index contributed by atoms with van der Waals surface area (Å²) in [5, 5.41) is 4.09. The Morgan fingerprint density at radius 3 is 2.25 bits per heavy atom. The third kappa shape index (κ3) is 2.34. The molecule has 1 heterocycles. The van der Waals surface area contributed by atoms with Crippen LogP contribution in [0.5, 0.6) is 0 Å². The van der Waals surface area contributed by atoms with E-state index in [-0.39, 0.29) is 32.7 Å². The van der Waals surface area contributed by atoms with Gasteiger partial charge >= 0.3 is 0 Å². The Morgan fingerprint density at radius 2 is 2.12 bits per heavy atom. The normalized spacial score (nSPS) is 8.25. The van der Waals surface area contributed by atoms with Gasteiger partial charge in [-0.1, -0.05) is 17.6 Å². The monoisotopic (exact) mass is 201 g/mol. The molecule has 1 rings (SSSR count). The Labute approximate surface area is 78.4 Å². The maximum absolute atomic E-state index is 4.07.